The summed E-state index contributed by atoms with van der Waals surface area (Å²) in [6, 6.07) is 12.7. The van der Waals surface area contributed by atoms with Gasteiger partial charge in [0.05, 0.1) is 0 Å². The van der Waals surface area contributed by atoms with E-state index in [0.29, 0.717) is 23.4 Å². The highest BCUT2D eigenvalue weighted by molar-refractivity contribution is 6.30. The van der Waals surface area contributed by atoms with Gasteiger partial charge in [-0.3, -0.25) is 9.59 Å². The van der Waals surface area contributed by atoms with Gasteiger partial charge < -0.3 is 15.3 Å². The average molecular weight is 387 g/mol. The number of carbonyl (C=O) groups is 3. The zero-order valence-corrected chi connectivity index (χ0v) is 15.3. The molecular weight excluding hydrogens is 368 g/mol. The molecule has 0 spiro atoms. The number of halogens is 1. The first kappa shape index (κ1) is 18.9. The number of carbonyl (C=O) groups excluding carboxylic acids is 2. The fraction of sp³-hybridized carbons (Fsp3) is 0.250. The minimum atomic E-state index is -1.17. The largest absolute Gasteiger partial charge is 0.479 e. The van der Waals surface area contributed by atoms with Gasteiger partial charge in [0.2, 0.25) is 11.8 Å². The standard InChI is InChI=1S/C20H19ClN2O4/c21-15-8-5-14(6-9-15)19(20(26)27)22-17(24)11-12-23-16-4-2-1-3-13(16)7-10-18(23)25/h1-6,8-9,19H,7,10-12H2,(H,22,24)(H,26,27). The Hall–Kier alpha value is -2.86. The number of aryl methyl sites for hydroxylation is 1. The lowest BCUT2D eigenvalue weighted by atomic mass is 10.0. The highest BCUT2D eigenvalue weighted by Crippen LogP contribution is 2.27. The van der Waals surface area contributed by atoms with Crippen LogP contribution < -0.4 is 10.2 Å². The van der Waals surface area contributed by atoms with Crippen LogP contribution in [-0.2, 0) is 20.8 Å². The number of rotatable bonds is 6. The number of nitrogens with zero attached hydrogens (tertiary/aromatic N) is 1. The van der Waals surface area contributed by atoms with Gasteiger partial charge in [0, 0.05) is 30.1 Å². The van der Waals surface area contributed by atoms with Gasteiger partial charge in [0.1, 0.15) is 0 Å². The van der Waals surface area contributed by atoms with Crippen molar-refractivity contribution in [2.24, 2.45) is 0 Å². The number of amides is 2. The Morgan fingerprint density at radius 3 is 2.52 bits per heavy atom. The maximum atomic E-state index is 12.3. The molecule has 0 saturated carbocycles. The van der Waals surface area contributed by atoms with Crippen molar-refractivity contribution in [3.05, 3.63) is 64.7 Å². The highest BCUT2D eigenvalue weighted by atomic mass is 35.5. The van der Waals surface area contributed by atoms with Crippen molar-refractivity contribution in [2.75, 3.05) is 11.4 Å². The van der Waals surface area contributed by atoms with Crippen molar-refractivity contribution < 1.29 is 19.5 Å². The van der Waals surface area contributed by atoms with Crippen LogP contribution in [0.2, 0.25) is 5.02 Å². The topological polar surface area (TPSA) is 86.7 Å². The summed E-state index contributed by atoms with van der Waals surface area (Å²) in [5.74, 6) is -1.63. The van der Waals surface area contributed by atoms with Gasteiger partial charge in [-0.15, -0.1) is 0 Å². The molecular formula is C20H19ClN2O4. The first-order chi connectivity index (χ1) is 13.0. The van der Waals surface area contributed by atoms with Crippen LogP contribution in [0.1, 0.15) is 30.0 Å². The predicted molar refractivity (Wildman–Crippen MR) is 102 cm³/mol. The maximum absolute atomic E-state index is 12.3. The van der Waals surface area contributed by atoms with Crippen molar-refractivity contribution in [3.8, 4) is 0 Å². The van der Waals surface area contributed by atoms with Crippen LogP contribution in [0.3, 0.4) is 0 Å². The number of carboxylic acids is 1. The number of hydrogen-bond acceptors (Lipinski definition) is 3. The molecule has 6 nitrogen and oxygen atoms in total. The predicted octanol–water partition coefficient (Wildman–Crippen LogP) is 2.95. The summed E-state index contributed by atoms with van der Waals surface area (Å²) < 4.78 is 0. The lowest BCUT2D eigenvalue weighted by Gasteiger charge is -2.29. The number of benzene rings is 2. The third-order valence-corrected chi connectivity index (χ3v) is 4.76. The van der Waals surface area contributed by atoms with E-state index in [-0.39, 0.29) is 18.9 Å². The van der Waals surface area contributed by atoms with E-state index in [2.05, 4.69) is 5.32 Å². The van der Waals surface area contributed by atoms with Gasteiger partial charge in [-0.1, -0.05) is 41.9 Å². The average Bonchev–Trinajstić information content (AvgIpc) is 2.66. The summed E-state index contributed by atoms with van der Waals surface area (Å²) >= 11 is 5.82. The summed E-state index contributed by atoms with van der Waals surface area (Å²) in [6.45, 7) is 0.203. The third-order valence-electron chi connectivity index (χ3n) is 4.51. The summed E-state index contributed by atoms with van der Waals surface area (Å²) in [4.78, 5) is 37.7. The van der Waals surface area contributed by atoms with Crippen molar-refractivity contribution in [3.63, 3.8) is 0 Å². The van der Waals surface area contributed by atoms with Crippen molar-refractivity contribution in [1.29, 1.82) is 0 Å². The second kappa shape index (κ2) is 8.22. The third kappa shape index (κ3) is 4.46. The summed E-state index contributed by atoms with van der Waals surface area (Å²) in [7, 11) is 0. The normalized spacial score (nSPS) is 14.4. The Bertz CT molecular complexity index is 867. The SMILES string of the molecule is O=C(CCN1C(=O)CCc2ccccc21)NC(C(=O)O)c1ccc(Cl)cc1. The van der Waals surface area contributed by atoms with Crippen LogP contribution in [0.5, 0.6) is 0 Å². The summed E-state index contributed by atoms with van der Waals surface area (Å²) in [5, 5.41) is 12.4. The fourth-order valence-electron chi connectivity index (χ4n) is 3.13. The van der Waals surface area contributed by atoms with E-state index < -0.39 is 17.9 Å². The fourth-order valence-corrected chi connectivity index (χ4v) is 3.26. The Labute approximate surface area is 161 Å². The molecule has 0 bridgehead atoms. The number of hydrogen-bond donors (Lipinski definition) is 2. The number of nitrogens with one attached hydrogen (secondary N) is 1. The van der Waals surface area contributed by atoms with E-state index in [9.17, 15) is 19.5 Å². The van der Waals surface area contributed by atoms with Crippen LogP contribution in [0.15, 0.2) is 48.5 Å². The zero-order valence-electron chi connectivity index (χ0n) is 14.5. The molecule has 1 unspecified atom stereocenters. The van der Waals surface area contributed by atoms with E-state index in [0.717, 1.165) is 11.3 Å². The van der Waals surface area contributed by atoms with Crippen LogP contribution in [0.25, 0.3) is 0 Å². The molecule has 0 radical (unpaired) electrons. The number of carboxylic acid groups (broad SMARTS) is 1. The van der Waals surface area contributed by atoms with Gasteiger partial charge in [-0.05, 0) is 35.7 Å². The monoisotopic (exact) mass is 386 g/mol. The van der Waals surface area contributed by atoms with E-state index in [1.807, 2.05) is 24.3 Å². The van der Waals surface area contributed by atoms with Crippen molar-refractivity contribution in [2.45, 2.75) is 25.3 Å². The maximum Gasteiger partial charge on any atom is 0.330 e. The molecule has 140 valence electrons. The van der Waals surface area contributed by atoms with Crippen molar-refractivity contribution >= 4 is 35.1 Å². The summed E-state index contributed by atoms with van der Waals surface area (Å²) in [6.07, 6.45) is 1.11. The number of anilines is 1. The Kier molecular flexibility index (Phi) is 5.76. The molecule has 2 aromatic carbocycles. The second-order valence-electron chi connectivity index (χ2n) is 6.31. The molecule has 2 amide bonds. The number of aliphatic carboxylic acids is 1. The lowest BCUT2D eigenvalue weighted by Crippen LogP contribution is -2.39. The van der Waals surface area contributed by atoms with E-state index in [4.69, 9.17) is 11.6 Å². The van der Waals surface area contributed by atoms with E-state index in [1.165, 1.54) is 0 Å². The van der Waals surface area contributed by atoms with Crippen LogP contribution in [0, 0.1) is 0 Å². The van der Waals surface area contributed by atoms with Crippen LogP contribution in [-0.4, -0.2) is 29.4 Å². The molecule has 0 fully saturated rings. The molecule has 1 aliphatic heterocycles. The smallest absolute Gasteiger partial charge is 0.330 e. The molecule has 3 rings (SSSR count). The van der Waals surface area contributed by atoms with Gasteiger partial charge >= 0.3 is 5.97 Å². The number of fused-ring (bicyclic) bond motifs is 1. The molecule has 2 aromatic rings. The Morgan fingerprint density at radius 1 is 1.11 bits per heavy atom. The van der Waals surface area contributed by atoms with Gasteiger partial charge in [-0.2, -0.15) is 0 Å². The Morgan fingerprint density at radius 2 is 1.81 bits per heavy atom. The second-order valence-corrected chi connectivity index (χ2v) is 6.75. The molecule has 27 heavy (non-hydrogen) atoms. The van der Waals surface area contributed by atoms with Crippen LogP contribution in [0.4, 0.5) is 5.69 Å². The van der Waals surface area contributed by atoms with E-state index >= 15 is 0 Å². The first-order valence-corrected chi connectivity index (χ1v) is 8.99. The zero-order chi connectivity index (χ0) is 19.4. The van der Waals surface area contributed by atoms with E-state index in [1.54, 1.807) is 29.2 Å². The van der Waals surface area contributed by atoms with Crippen LogP contribution >= 0.6 is 11.6 Å². The molecule has 7 heteroatoms. The quantitative estimate of drug-likeness (QED) is 0.799. The molecule has 1 atom stereocenters. The van der Waals surface area contributed by atoms with Gasteiger partial charge in [0.25, 0.3) is 0 Å². The van der Waals surface area contributed by atoms with Gasteiger partial charge in [0.15, 0.2) is 6.04 Å². The number of para-hydroxylation sites is 1. The molecule has 1 aliphatic rings. The highest BCUT2D eigenvalue weighted by Gasteiger charge is 2.26. The molecule has 0 aliphatic carbocycles. The minimum Gasteiger partial charge on any atom is -0.479 e. The Balaban J connectivity index is 1.66. The molecule has 1 heterocycles. The van der Waals surface area contributed by atoms with Crippen molar-refractivity contribution in [1.82, 2.24) is 5.32 Å². The van der Waals surface area contributed by atoms with Gasteiger partial charge in [-0.25, -0.2) is 4.79 Å². The minimum absolute atomic E-state index is 0.0114. The lowest BCUT2D eigenvalue weighted by molar-refractivity contribution is -0.142. The molecule has 0 saturated heterocycles. The molecule has 2 N–H and O–H groups in total. The first-order valence-electron chi connectivity index (χ1n) is 8.61. The molecule has 0 aromatic heterocycles. The summed E-state index contributed by atoms with van der Waals surface area (Å²) in [5.41, 5.74) is 2.32.